The highest BCUT2D eigenvalue weighted by atomic mass is 16.5. The fraction of sp³-hybridized carbons (Fsp3) is 0.706. The zero-order chi connectivity index (χ0) is 16.5. The van der Waals surface area contributed by atoms with Crippen LogP contribution in [0.25, 0.3) is 0 Å². The molecular formula is C17H22N4O3. The van der Waals surface area contributed by atoms with Gasteiger partial charge in [-0.1, -0.05) is 0 Å². The lowest BCUT2D eigenvalue weighted by Crippen LogP contribution is -2.56. The van der Waals surface area contributed by atoms with E-state index in [2.05, 4.69) is 10.2 Å². The lowest BCUT2D eigenvalue weighted by atomic mass is 10.0. The summed E-state index contributed by atoms with van der Waals surface area (Å²) in [6.07, 6.45) is 4.17. The SMILES string of the molecule is Cc1[nH]nc(C2CC2)c1C(=O)N1CC[C@@]23OCCCN2C(=O)C[C@@H]13. The van der Waals surface area contributed by atoms with Gasteiger partial charge in [0.25, 0.3) is 5.91 Å². The van der Waals surface area contributed by atoms with Gasteiger partial charge in [-0.25, -0.2) is 0 Å². The number of nitrogens with one attached hydrogen (secondary N) is 1. The standard InChI is InChI=1S/C17H22N4O3/c1-10-14(15(19-18-10)11-3-4-11)16(23)20-7-5-17-12(20)9-13(22)21(17)6-2-8-24-17/h11-12H,2-9H2,1H3,(H,18,19)/t12-,17+/m1/s1. The van der Waals surface area contributed by atoms with Crippen molar-refractivity contribution >= 4 is 11.8 Å². The molecule has 1 N–H and O–H groups in total. The summed E-state index contributed by atoms with van der Waals surface area (Å²) in [4.78, 5) is 29.4. The molecule has 1 aliphatic carbocycles. The maximum Gasteiger partial charge on any atom is 0.258 e. The van der Waals surface area contributed by atoms with Crippen molar-refractivity contribution in [3.63, 3.8) is 0 Å². The van der Waals surface area contributed by atoms with Crippen LogP contribution in [0.5, 0.6) is 0 Å². The van der Waals surface area contributed by atoms with Crippen molar-refractivity contribution in [2.75, 3.05) is 19.7 Å². The summed E-state index contributed by atoms with van der Waals surface area (Å²) in [6.45, 7) is 3.96. The molecule has 3 aliphatic heterocycles. The largest absolute Gasteiger partial charge is 0.353 e. The molecule has 4 aliphatic rings. The van der Waals surface area contributed by atoms with E-state index in [0.29, 0.717) is 31.9 Å². The van der Waals surface area contributed by atoms with Gasteiger partial charge in [-0.05, 0) is 26.2 Å². The molecule has 4 fully saturated rings. The number of likely N-dealkylation sites (tertiary alicyclic amines) is 1. The molecule has 0 unspecified atom stereocenters. The first kappa shape index (κ1) is 14.5. The van der Waals surface area contributed by atoms with Crippen molar-refractivity contribution in [2.24, 2.45) is 0 Å². The number of hydrogen-bond donors (Lipinski definition) is 1. The number of aromatic amines is 1. The number of aryl methyl sites for hydroxylation is 1. The highest BCUT2D eigenvalue weighted by Gasteiger charge is 2.61. The molecule has 0 bridgehead atoms. The number of H-pyrrole nitrogens is 1. The molecule has 24 heavy (non-hydrogen) atoms. The zero-order valence-corrected chi connectivity index (χ0v) is 13.9. The van der Waals surface area contributed by atoms with Gasteiger partial charge in [0.15, 0.2) is 5.72 Å². The third-order valence-corrected chi connectivity index (χ3v) is 6.03. The molecule has 7 heteroatoms. The van der Waals surface area contributed by atoms with Crippen LogP contribution in [0.1, 0.15) is 59.8 Å². The van der Waals surface area contributed by atoms with Crippen molar-refractivity contribution in [1.82, 2.24) is 20.0 Å². The number of aromatic nitrogens is 2. The van der Waals surface area contributed by atoms with Crippen LogP contribution in [0.2, 0.25) is 0 Å². The Bertz CT molecular complexity index is 725. The number of carbonyl (C=O) groups excluding carboxylic acids is 2. The van der Waals surface area contributed by atoms with E-state index in [1.807, 2.05) is 16.7 Å². The van der Waals surface area contributed by atoms with Gasteiger partial charge in [0.05, 0.1) is 30.3 Å². The Labute approximate surface area is 140 Å². The van der Waals surface area contributed by atoms with Gasteiger partial charge < -0.3 is 14.5 Å². The second-order valence-electron chi connectivity index (χ2n) is 7.44. The zero-order valence-electron chi connectivity index (χ0n) is 13.9. The molecule has 4 heterocycles. The van der Waals surface area contributed by atoms with Gasteiger partial charge in [0.1, 0.15) is 0 Å². The highest BCUT2D eigenvalue weighted by Crippen LogP contribution is 2.46. The molecule has 5 rings (SSSR count). The Hall–Kier alpha value is -1.89. The number of ether oxygens (including phenoxy) is 1. The van der Waals surface area contributed by atoms with Gasteiger partial charge in [0.2, 0.25) is 5.91 Å². The summed E-state index contributed by atoms with van der Waals surface area (Å²) in [5, 5.41) is 7.35. The summed E-state index contributed by atoms with van der Waals surface area (Å²) in [7, 11) is 0. The summed E-state index contributed by atoms with van der Waals surface area (Å²) in [5.74, 6) is 0.537. The number of amides is 2. The van der Waals surface area contributed by atoms with Gasteiger partial charge in [-0.2, -0.15) is 5.10 Å². The van der Waals surface area contributed by atoms with E-state index < -0.39 is 5.72 Å². The van der Waals surface area contributed by atoms with Gasteiger partial charge in [0, 0.05) is 31.1 Å². The lowest BCUT2D eigenvalue weighted by Gasteiger charge is -2.42. The van der Waals surface area contributed by atoms with Gasteiger partial charge in [-0.15, -0.1) is 0 Å². The highest BCUT2D eigenvalue weighted by molar-refractivity contribution is 5.98. The van der Waals surface area contributed by atoms with Crippen LogP contribution < -0.4 is 0 Å². The Morgan fingerprint density at radius 2 is 2.21 bits per heavy atom. The second kappa shape index (κ2) is 4.81. The maximum atomic E-state index is 13.3. The van der Waals surface area contributed by atoms with E-state index >= 15 is 0 Å². The fourth-order valence-corrected chi connectivity index (χ4v) is 4.71. The molecule has 2 atom stereocenters. The van der Waals surface area contributed by atoms with Gasteiger partial charge in [-0.3, -0.25) is 14.7 Å². The van der Waals surface area contributed by atoms with E-state index in [4.69, 9.17) is 4.74 Å². The van der Waals surface area contributed by atoms with Crippen LogP contribution in [0.15, 0.2) is 0 Å². The molecule has 1 spiro atoms. The van der Waals surface area contributed by atoms with Crippen LogP contribution in [-0.2, 0) is 9.53 Å². The smallest absolute Gasteiger partial charge is 0.258 e. The Morgan fingerprint density at radius 1 is 1.38 bits per heavy atom. The van der Waals surface area contributed by atoms with E-state index in [-0.39, 0.29) is 17.9 Å². The molecule has 0 aromatic carbocycles. The van der Waals surface area contributed by atoms with Crippen LogP contribution in [-0.4, -0.2) is 63.3 Å². The lowest BCUT2D eigenvalue weighted by molar-refractivity contribution is -0.179. The Balaban J connectivity index is 1.49. The third kappa shape index (κ3) is 1.79. The van der Waals surface area contributed by atoms with Crippen LogP contribution >= 0.6 is 0 Å². The van der Waals surface area contributed by atoms with Crippen LogP contribution in [0, 0.1) is 6.92 Å². The topological polar surface area (TPSA) is 78.5 Å². The Morgan fingerprint density at radius 3 is 3.00 bits per heavy atom. The van der Waals surface area contributed by atoms with E-state index in [1.54, 1.807) is 0 Å². The monoisotopic (exact) mass is 330 g/mol. The molecule has 3 saturated heterocycles. The van der Waals surface area contributed by atoms with Crippen molar-refractivity contribution < 1.29 is 14.3 Å². The molecule has 1 saturated carbocycles. The van der Waals surface area contributed by atoms with Crippen molar-refractivity contribution in [3.05, 3.63) is 17.0 Å². The summed E-state index contributed by atoms with van der Waals surface area (Å²) in [6, 6.07) is -0.167. The summed E-state index contributed by atoms with van der Waals surface area (Å²) < 4.78 is 6.09. The molecular weight excluding hydrogens is 308 g/mol. The molecule has 1 aromatic rings. The van der Waals surface area contributed by atoms with Crippen LogP contribution in [0.3, 0.4) is 0 Å². The first-order valence-electron chi connectivity index (χ1n) is 8.92. The summed E-state index contributed by atoms with van der Waals surface area (Å²) >= 11 is 0. The predicted molar refractivity (Wildman–Crippen MR) is 84.4 cm³/mol. The number of carbonyl (C=O) groups is 2. The molecule has 7 nitrogen and oxygen atoms in total. The minimum Gasteiger partial charge on any atom is -0.353 e. The van der Waals surface area contributed by atoms with Gasteiger partial charge >= 0.3 is 0 Å². The number of hydrogen-bond acceptors (Lipinski definition) is 4. The first-order chi connectivity index (χ1) is 11.6. The first-order valence-corrected chi connectivity index (χ1v) is 8.92. The number of nitrogens with zero attached hydrogens (tertiary/aromatic N) is 3. The van der Waals surface area contributed by atoms with E-state index in [1.165, 1.54) is 0 Å². The average molecular weight is 330 g/mol. The molecule has 2 amide bonds. The third-order valence-electron chi connectivity index (χ3n) is 6.03. The second-order valence-corrected chi connectivity index (χ2v) is 7.44. The minimum absolute atomic E-state index is 0.00819. The van der Waals surface area contributed by atoms with Crippen molar-refractivity contribution in [3.8, 4) is 0 Å². The molecule has 0 radical (unpaired) electrons. The summed E-state index contributed by atoms with van der Waals surface area (Å²) in [5.41, 5.74) is 1.87. The molecule has 1 aromatic heterocycles. The predicted octanol–water partition coefficient (Wildman–Crippen LogP) is 1.16. The average Bonchev–Trinajstić information content (AvgIpc) is 3.18. The Kier molecular flexibility index (Phi) is 2.90. The normalized spacial score (nSPS) is 32.2. The van der Waals surface area contributed by atoms with Crippen molar-refractivity contribution in [1.29, 1.82) is 0 Å². The van der Waals surface area contributed by atoms with E-state index in [0.717, 1.165) is 42.8 Å². The van der Waals surface area contributed by atoms with Crippen LogP contribution in [0.4, 0.5) is 0 Å². The molecule has 128 valence electrons. The van der Waals surface area contributed by atoms with E-state index in [9.17, 15) is 9.59 Å². The maximum absolute atomic E-state index is 13.3. The fourth-order valence-electron chi connectivity index (χ4n) is 4.71. The quantitative estimate of drug-likeness (QED) is 0.882. The number of rotatable bonds is 2. The van der Waals surface area contributed by atoms with Crippen molar-refractivity contribution in [2.45, 2.75) is 56.7 Å². The minimum atomic E-state index is -0.581.